The zero-order chi connectivity index (χ0) is 12.8. The molecule has 2 fully saturated rings. The number of hydrogen-bond donors (Lipinski definition) is 0. The van der Waals surface area contributed by atoms with Crippen molar-refractivity contribution in [3.05, 3.63) is 0 Å². The molecule has 0 atom stereocenters. The van der Waals surface area contributed by atoms with E-state index in [4.69, 9.17) is 14.2 Å². The lowest BCUT2D eigenvalue weighted by atomic mass is 9.88. The summed E-state index contributed by atoms with van der Waals surface area (Å²) in [5.41, 5.74) is 0. The average Bonchev–Trinajstić information content (AvgIpc) is 2.41. The molecule has 0 amide bonds. The summed E-state index contributed by atoms with van der Waals surface area (Å²) in [6.45, 7) is 4.39. The molecule has 1 saturated heterocycles. The Morgan fingerprint density at radius 1 is 1.11 bits per heavy atom. The van der Waals surface area contributed by atoms with Crippen molar-refractivity contribution >= 4 is 15.9 Å². The Balaban J connectivity index is 1.63. The molecule has 0 aromatic heterocycles. The summed E-state index contributed by atoms with van der Waals surface area (Å²) in [4.78, 5) is 0.697. The van der Waals surface area contributed by atoms with Gasteiger partial charge >= 0.3 is 0 Å². The summed E-state index contributed by atoms with van der Waals surface area (Å²) in [6.07, 6.45) is 7.34. The van der Waals surface area contributed by atoms with Gasteiger partial charge in [-0.15, -0.1) is 0 Å². The summed E-state index contributed by atoms with van der Waals surface area (Å²) in [5.74, 6) is 0.579. The molecule has 1 saturated carbocycles. The first-order chi connectivity index (χ1) is 8.79. The van der Waals surface area contributed by atoms with Gasteiger partial charge in [-0.2, -0.15) is 0 Å². The summed E-state index contributed by atoms with van der Waals surface area (Å²) in [5, 5.41) is 0. The summed E-state index contributed by atoms with van der Waals surface area (Å²) >= 11 is 3.68. The Morgan fingerprint density at radius 3 is 2.39 bits per heavy atom. The SMILES string of the molecule is CCCCOC1COC(C2CCC(Br)CC2)OC1. The molecule has 1 heterocycles. The third-order valence-electron chi connectivity index (χ3n) is 3.83. The molecule has 0 unspecified atom stereocenters. The quantitative estimate of drug-likeness (QED) is 0.573. The highest BCUT2D eigenvalue weighted by atomic mass is 79.9. The third kappa shape index (κ3) is 4.48. The van der Waals surface area contributed by atoms with Crippen molar-refractivity contribution in [2.45, 2.75) is 62.7 Å². The average molecular weight is 321 g/mol. The van der Waals surface area contributed by atoms with Gasteiger partial charge in [0.05, 0.1) is 13.2 Å². The molecule has 1 aliphatic carbocycles. The van der Waals surface area contributed by atoms with Crippen LogP contribution in [0, 0.1) is 5.92 Å². The maximum Gasteiger partial charge on any atom is 0.160 e. The third-order valence-corrected chi connectivity index (χ3v) is 4.75. The maximum atomic E-state index is 5.83. The Labute approximate surface area is 119 Å². The molecule has 0 aromatic carbocycles. The van der Waals surface area contributed by atoms with E-state index in [1.54, 1.807) is 0 Å². The van der Waals surface area contributed by atoms with Crippen LogP contribution < -0.4 is 0 Å². The number of halogens is 1. The molecule has 0 N–H and O–H groups in total. The van der Waals surface area contributed by atoms with E-state index < -0.39 is 0 Å². The van der Waals surface area contributed by atoms with E-state index >= 15 is 0 Å². The van der Waals surface area contributed by atoms with Crippen molar-refractivity contribution in [3.63, 3.8) is 0 Å². The summed E-state index contributed by atoms with van der Waals surface area (Å²) in [7, 11) is 0. The number of unbranched alkanes of at least 4 members (excludes halogenated alkanes) is 1. The van der Waals surface area contributed by atoms with Gasteiger partial charge in [0.2, 0.25) is 0 Å². The molecule has 2 rings (SSSR count). The predicted octanol–water partition coefficient (Wildman–Crippen LogP) is 3.50. The van der Waals surface area contributed by atoms with Crippen LogP contribution in [-0.2, 0) is 14.2 Å². The maximum absolute atomic E-state index is 5.83. The van der Waals surface area contributed by atoms with Crippen LogP contribution in [0.25, 0.3) is 0 Å². The monoisotopic (exact) mass is 320 g/mol. The number of ether oxygens (including phenoxy) is 3. The van der Waals surface area contributed by atoms with Crippen LogP contribution in [0.1, 0.15) is 45.4 Å². The summed E-state index contributed by atoms with van der Waals surface area (Å²) < 4.78 is 17.4. The van der Waals surface area contributed by atoms with Crippen molar-refractivity contribution in [1.82, 2.24) is 0 Å². The zero-order valence-corrected chi connectivity index (χ0v) is 12.9. The molecule has 1 aliphatic heterocycles. The Bertz CT molecular complexity index is 221. The van der Waals surface area contributed by atoms with Crippen LogP contribution in [0.4, 0.5) is 0 Å². The first kappa shape index (κ1) is 14.8. The van der Waals surface area contributed by atoms with Gasteiger partial charge in [-0.1, -0.05) is 29.3 Å². The molecule has 0 spiro atoms. The van der Waals surface area contributed by atoms with E-state index in [-0.39, 0.29) is 12.4 Å². The molecular weight excluding hydrogens is 296 g/mol. The molecule has 4 heteroatoms. The lowest BCUT2D eigenvalue weighted by molar-refractivity contribution is -0.248. The van der Waals surface area contributed by atoms with Gasteiger partial charge < -0.3 is 14.2 Å². The van der Waals surface area contributed by atoms with E-state index in [9.17, 15) is 0 Å². The van der Waals surface area contributed by atoms with Gasteiger partial charge in [-0.3, -0.25) is 0 Å². The van der Waals surface area contributed by atoms with Gasteiger partial charge in [-0.05, 0) is 32.1 Å². The van der Waals surface area contributed by atoms with Gasteiger partial charge in [0, 0.05) is 17.4 Å². The lowest BCUT2D eigenvalue weighted by Crippen LogP contribution is -2.42. The largest absolute Gasteiger partial charge is 0.373 e. The standard InChI is InChI=1S/C14H25BrO3/c1-2-3-8-16-13-9-17-14(18-10-13)11-4-6-12(15)7-5-11/h11-14H,2-10H2,1H3. The molecule has 0 bridgehead atoms. The van der Waals surface area contributed by atoms with Crippen LogP contribution in [0.15, 0.2) is 0 Å². The van der Waals surface area contributed by atoms with E-state index in [1.165, 1.54) is 32.1 Å². The van der Waals surface area contributed by atoms with Crippen molar-refractivity contribution in [2.75, 3.05) is 19.8 Å². The predicted molar refractivity (Wildman–Crippen MR) is 75.0 cm³/mol. The minimum absolute atomic E-state index is 0.0102. The first-order valence-corrected chi connectivity index (χ1v) is 8.20. The minimum atomic E-state index is 0.0102. The molecule has 3 nitrogen and oxygen atoms in total. The second-order valence-corrected chi connectivity index (χ2v) is 6.69. The van der Waals surface area contributed by atoms with Gasteiger partial charge in [0.25, 0.3) is 0 Å². The van der Waals surface area contributed by atoms with Crippen molar-refractivity contribution in [3.8, 4) is 0 Å². The van der Waals surface area contributed by atoms with E-state index in [0.717, 1.165) is 13.0 Å². The zero-order valence-electron chi connectivity index (χ0n) is 11.3. The lowest BCUT2D eigenvalue weighted by Gasteiger charge is -2.36. The second-order valence-electron chi connectivity index (χ2n) is 5.39. The molecule has 106 valence electrons. The van der Waals surface area contributed by atoms with Gasteiger partial charge in [0.1, 0.15) is 6.10 Å². The van der Waals surface area contributed by atoms with E-state index in [1.807, 2.05) is 0 Å². The number of rotatable bonds is 5. The first-order valence-electron chi connectivity index (χ1n) is 7.28. The van der Waals surface area contributed by atoms with Crippen LogP contribution in [0.3, 0.4) is 0 Å². The summed E-state index contributed by atoms with van der Waals surface area (Å²) in [6, 6.07) is 0. The fourth-order valence-corrected chi connectivity index (χ4v) is 3.14. The second kappa shape index (κ2) is 7.83. The fraction of sp³-hybridized carbons (Fsp3) is 1.00. The Hall–Kier alpha value is 0.360. The smallest absolute Gasteiger partial charge is 0.160 e. The minimum Gasteiger partial charge on any atom is -0.373 e. The molecule has 2 aliphatic rings. The van der Waals surface area contributed by atoms with Crippen LogP contribution in [0.2, 0.25) is 0 Å². The molecular formula is C14H25BrO3. The van der Waals surface area contributed by atoms with Crippen molar-refractivity contribution in [2.24, 2.45) is 5.92 Å². The number of hydrogen-bond acceptors (Lipinski definition) is 3. The highest BCUT2D eigenvalue weighted by molar-refractivity contribution is 9.09. The highest BCUT2D eigenvalue weighted by Gasteiger charge is 2.32. The van der Waals surface area contributed by atoms with Crippen molar-refractivity contribution < 1.29 is 14.2 Å². The van der Waals surface area contributed by atoms with Crippen LogP contribution >= 0.6 is 15.9 Å². The van der Waals surface area contributed by atoms with Gasteiger partial charge in [0.15, 0.2) is 6.29 Å². The fourth-order valence-electron chi connectivity index (χ4n) is 2.61. The van der Waals surface area contributed by atoms with Gasteiger partial charge in [-0.25, -0.2) is 0 Å². The topological polar surface area (TPSA) is 27.7 Å². The molecule has 0 aromatic rings. The van der Waals surface area contributed by atoms with Crippen LogP contribution in [-0.4, -0.2) is 37.0 Å². The Kier molecular flexibility index (Phi) is 6.42. The van der Waals surface area contributed by atoms with Crippen LogP contribution in [0.5, 0.6) is 0 Å². The molecule has 18 heavy (non-hydrogen) atoms. The highest BCUT2D eigenvalue weighted by Crippen LogP contribution is 2.33. The van der Waals surface area contributed by atoms with E-state index in [2.05, 4.69) is 22.9 Å². The van der Waals surface area contributed by atoms with E-state index in [0.29, 0.717) is 24.0 Å². The Morgan fingerprint density at radius 2 is 1.78 bits per heavy atom. The van der Waals surface area contributed by atoms with Crippen molar-refractivity contribution in [1.29, 1.82) is 0 Å². The number of alkyl halides is 1. The molecule has 0 radical (unpaired) electrons. The normalized spacial score (nSPS) is 37.7.